The molecule has 3 heterocycles. The predicted molar refractivity (Wildman–Crippen MR) is 136 cm³/mol. The molecule has 11 nitrogen and oxygen atoms in total. The number of aromatic hydroxyl groups is 1. The average Bonchev–Trinajstić information content (AvgIpc) is 3.35. The summed E-state index contributed by atoms with van der Waals surface area (Å²) in [7, 11) is 0. The van der Waals surface area contributed by atoms with Crippen molar-refractivity contribution >= 4 is 5.95 Å². The van der Waals surface area contributed by atoms with Crippen LogP contribution >= 0.6 is 0 Å². The molecular weight excluding hydrogens is 472 g/mol. The Labute approximate surface area is 212 Å². The summed E-state index contributed by atoms with van der Waals surface area (Å²) in [6.07, 6.45) is 1.57. The molecule has 37 heavy (non-hydrogen) atoms. The standard InChI is InChI=1S/C26H26N8O3/c27-26-30-31-32-34(26)22(23-24(35)25(36)29-17-28-23)15-20-7-3-18(4-8-20)1-2-19-5-9-21(10-6-19)16-33-11-13-37-14-12-33/h3-10,17,22,35H,11-16H2,(H2,27,30,32)(H,28,29,36). The highest BCUT2D eigenvalue weighted by Crippen LogP contribution is 2.26. The number of hydrogen-bond acceptors (Lipinski definition) is 9. The van der Waals surface area contributed by atoms with Crippen LogP contribution in [0.25, 0.3) is 0 Å². The molecule has 1 aliphatic heterocycles. The van der Waals surface area contributed by atoms with Gasteiger partial charge in [-0.1, -0.05) is 41.2 Å². The second-order valence-electron chi connectivity index (χ2n) is 8.70. The minimum absolute atomic E-state index is 0.0462. The van der Waals surface area contributed by atoms with E-state index in [0.29, 0.717) is 6.42 Å². The number of rotatable bonds is 6. The van der Waals surface area contributed by atoms with E-state index in [9.17, 15) is 9.90 Å². The smallest absolute Gasteiger partial charge is 0.293 e. The summed E-state index contributed by atoms with van der Waals surface area (Å²) in [5, 5.41) is 21.5. The van der Waals surface area contributed by atoms with E-state index in [1.807, 2.05) is 36.4 Å². The largest absolute Gasteiger partial charge is 0.502 e. The van der Waals surface area contributed by atoms with Gasteiger partial charge in [-0.3, -0.25) is 9.69 Å². The second-order valence-corrected chi connectivity index (χ2v) is 8.70. The van der Waals surface area contributed by atoms with Crippen LogP contribution in [0, 0.1) is 11.8 Å². The molecule has 1 aliphatic rings. The summed E-state index contributed by atoms with van der Waals surface area (Å²) in [6, 6.07) is 15.3. The number of aromatic nitrogens is 6. The molecule has 2 aromatic heterocycles. The van der Waals surface area contributed by atoms with E-state index in [4.69, 9.17) is 10.5 Å². The van der Waals surface area contributed by atoms with Gasteiger partial charge < -0.3 is 20.6 Å². The number of hydrogen-bond donors (Lipinski definition) is 3. The van der Waals surface area contributed by atoms with Gasteiger partial charge in [0.05, 0.1) is 19.5 Å². The van der Waals surface area contributed by atoms with Crippen molar-refractivity contribution in [1.29, 1.82) is 0 Å². The third-order valence-electron chi connectivity index (χ3n) is 6.18. The zero-order valence-electron chi connectivity index (χ0n) is 20.0. The van der Waals surface area contributed by atoms with Crippen LogP contribution in [0.15, 0.2) is 59.7 Å². The molecule has 0 aliphatic carbocycles. The van der Waals surface area contributed by atoms with Crippen molar-refractivity contribution in [2.45, 2.75) is 19.0 Å². The van der Waals surface area contributed by atoms with Crippen molar-refractivity contribution in [2.24, 2.45) is 0 Å². The SMILES string of the molecule is Nc1nnnn1C(Cc1ccc(C#Cc2ccc(CN3CCOCC3)cc2)cc1)c1nc[nH]c(=O)c1O. The van der Waals surface area contributed by atoms with Gasteiger partial charge in [-0.05, 0) is 45.8 Å². The first-order valence-corrected chi connectivity index (χ1v) is 11.9. The van der Waals surface area contributed by atoms with E-state index in [0.717, 1.165) is 49.5 Å². The van der Waals surface area contributed by atoms with E-state index < -0.39 is 17.4 Å². The molecule has 0 radical (unpaired) electrons. The first kappa shape index (κ1) is 24.2. The number of nitrogen functional groups attached to an aromatic ring is 1. The van der Waals surface area contributed by atoms with Gasteiger partial charge in [0, 0.05) is 37.2 Å². The highest BCUT2D eigenvalue weighted by molar-refractivity contribution is 5.44. The molecule has 0 bridgehead atoms. The minimum Gasteiger partial charge on any atom is -0.502 e. The van der Waals surface area contributed by atoms with Crippen LogP contribution in [0.3, 0.4) is 0 Å². The molecule has 0 saturated carbocycles. The van der Waals surface area contributed by atoms with Gasteiger partial charge in [-0.25, -0.2) is 9.67 Å². The van der Waals surface area contributed by atoms with Gasteiger partial charge in [0.1, 0.15) is 11.7 Å². The quantitative estimate of drug-likeness (QED) is 0.332. The summed E-state index contributed by atoms with van der Waals surface area (Å²) >= 11 is 0. The number of aromatic amines is 1. The fourth-order valence-electron chi connectivity index (χ4n) is 4.17. The Kier molecular flexibility index (Phi) is 7.21. The maximum atomic E-state index is 11.9. The van der Waals surface area contributed by atoms with E-state index in [2.05, 4.69) is 54.4 Å². The van der Waals surface area contributed by atoms with Crippen LogP contribution in [0.1, 0.15) is 34.0 Å². The highest BCUT2D eigenvalue weighted by Gasteiger charge is 2.24. The summed E-state index contributed by atoms with van der Waals surface area (Å²) < 4.78 is 6.74. The van der Waals surface area contributed by atoms with Gasteiger partial charge in [0.15, 0.2) is 0 Å². The molecule has 1 fully saturated rings. The van der Waals surface area contributed by atoms with Gasteiger partial charge in [0.25, 0.3) is 5.56 Å². The lowest BCUT2D eigenvalue weighted by atomic mass is 10.0. The monoisotopic (exact) mass is 498 g/mol. The van der Waals surface area contributed by atoms with Crippen molar-refractivity contribution in [3.8, 4) is 17.6 Å². The Morgan fingerprint density at radius 2 is 1.68 bits per heavy atom. The number of morpholine rings is 1. The van der Waals surface area contributed by atoms with E-state index in [1.54, 1.807) is 0 Å². The number of ether oxygens (including phenoxy) is 1. The molecule has 1 unspecified atom stereocenters. The molecular formula is C26H26N8O3. The molecule has 0 spiro atoms. The molecule has 1 atom stereocenters. The Balaban J connectivity index is 1.29. The molecule has 188 valence electrons. The third kappa shape index (κ3) is 5.83. The van der Waals surface area contributed by atoms with E-state index >= 15 is 0 Å². The van der Waals surface area contributed by atoms with Crippen molar-refractivity contribution in [2.75, 3.05) is 32.0 Å². The lowest BCUT2D eigenvalue weighted by Crippen LogP contribution is -2.35. The maximum Gasteiger partial charge on any atom is 0.293 e. The van der Waals surface area contributed by atoms with Crippen molar-refractivity contribution < 1.29 is 9.84 Å². The lowest BCUT2D eigenvalue weighted by molar-refractivity contribution is 0.0342. The number of tetrazole rings is 1. The fourth-order valence-corrected chi connectivity index (χ4v) is 4.17. The van der Waals surface area contributed by atoms with Crippen LogP contribution in [0.5, 0.6) is 5.75 Å². The number of anilines is 1. The van der Waals surface area contributed by atoms with Gasteiger partial charge >= 0.3 is 0 Å². The van der Waals surface area contributed by atoms with Gasteiger partial charge in [-0.15, -0.1) is 0 Å². The fraction of sp³-hybridized carbons (Fsp3) is 0.269. The molecule has 5 rings (SSSR count). The molecule has 1 saturated heterocycles. The normalized spacial score (nSPS) is 14.6. The first-order valence-electron chi connectivity index (χ1n) is 11.9. The number of H-pyrrole nitrogens is 1. The highest BCUT2D eigenvalue weighted by atomic mass is 16.5. The predicted octanol–water partition coefficient (Wildman–Crippen LogP) is 1.11. The van der Waals surface area contributed by atoms with Crippen LogP contribution in [-0.2, 0) is 17.7 Å². The van der Waals surface area contributed by atoms with Crippen LogP contribution in [0.4, 0.5) is 5.95 Å². The average molecular weight is 499 g/mol. The number of nitrogens with one attached hydrogen (secondary N) is 1. The number of benzene rings is 2. The van der Waals surface area contributed by atoms with Crippen LogP contribution in [-0.4, -0.2) is 66.5 Å². The molecule has 2 aromatic carbocycles. The Bertz CT molecular complexity index is 1460. The summed E-state index contributed by atoms with van der Waals surface area (Å²) in [5.41, 5.74) is 9.34. The van der Waals surface area contributed by atoms with Gasteiger partial charge in [0.2, 0.25) is 11.7 Å². The maximum absolute atomic E-state index is 11.9. The number of nitrogens with zero attached hydrogens (tertiary/aromatic N) is 6. The molecule has 4 N–H and O–H groups in total. The second kappa shape index (κ2) is 11.0. The van der Waals surface area contributed by atoms with Crippen LogP contribution in [0.2, 0.25) is 0 Å². The molecule has 4 aromatic rings. The van der Waals surface area contributed by atoms with E-state index in [-0.39, 0.29) is 11.6 Å². The minimum atomic E-state index is -0.676. The van der Waals surface area contributed by atoms with E-state index in [1.165, 1.54) is 16.6 Å². The summed E-state index contributed by atoms with van der Waals surface area (Å²) in [6.45, 7) is 4.42. The summed E-state index contributed by atoms with van der Waals surface area (Å²) in [4.78, 5) is 20.8. The topological polar surface area (TPSA) is 148 Å². The van der Waals surface area contributed by atoms with Gasteiger partial charge in [-0.2, -0.15) is 0 Å². The zero-order valence-corrected chi connectivity index (χ0v) is 20.0. The van der Waals surface area contributed by atoms with Crippen molar-refractivity contribution in [3.63, 3.8) is 0 Å². The van der Waals surface area contributed by atoms with Crippen molar-refractivity contribution in [1.82, 2.24) is 35.1 Å². The number of nitrogens with two attached hydrogens (primary N) is 1. The van der Waals surface area contributed by atoms with Crippen molar-refractivity contribution in [3.05, 3.63) is 93.2 Å². The Hall–Kier alpha value is -4.53. The van der Waals surface area contributed by atoms with Crippen LogP contribution < -0.4 is 11.3 Å². The molecule has 11 heteroatoms. The Morgan fingerprint density at radius 1 is 1.03 bits per heavy atom. The third-order valence-corrected chi connectivity index (χ3v) is 6.18. The molecule has 0 amide bonds. The lowest BCUT2D eigenvalue weighted by Gasteiger charge is -2.26. The summed E-state index contributed by atoms with van der Waals surface area (Å²) in [5.74, 6) is 5.95. The zero-order chi connectivity index (χ0) is 25.6. The first-order chi connectivity index (χ1) is 18.1. The Morgan fingerprint density at radius 3 is 2.30 bits per heavy atom.